The second-order valence-electron chi connectivity index (χ2n) is 6.02. The molecule has 142 valence electrons. The standard InChI is InChI=1S/C20H15N7O2/c1-29-15-8-4-13(5-9-15)16-11-22-18-17(24-16)19(27-26-18)25-20(28)23-14-6-2-12(10-21)3-7-14/h2-9,11H,1H3,(H3,22,23,25,26,27,28). The first kappa shape index (κ1) is 17.9. The zero-order chi connectivity index (χ0) is 20.2. The number of rotatable bonds is 4. The molecule has 9 nitrogen and oxygen atoms in total. The van der Waals surface area contributed by atoms with Crippen molar-refractivity contribution >= 4 is 28.7 Å². The fourth-order valence-corrected chi connectivity index (χ4v) is 2.69. The summed E-state index contributed by atoms with van der Waals surface area (Å²) < 4.78 is 5.17. The van der Waals surface area contributed by atoms with Crippen molar-refractivity contribution in [1.29, 1.82) is 5.26 Å². The first-order valence-electron chi connectivity index (χ1n) is 8.60. The number of methoxy groups -OCH3 is 1. The van der Waals surface area contributed by atoms with E-state index in [4.69, 9.17) is 10.00 Å². The molecule has 2 aromatic heterocycles. The van der Waals surface area contributed by atoms with Gasteiger partial charge in [0.15, 0.2) is 11.3 Å². The number of urea groups is 1. The van der Waals surface area contributed by atoms with E-state index in [1.165, 1.54) is 0 Å². The maximum atomic E-state index is 12.3. The van der Waals surface area contributed by atoms with Crippen molar-refractivity contribution in [3.63, 3.8) is 0 Å². The van der Waals surface area contributed by atoms with Crippen molar-refractivity contribution < 1.29 is 9.53 Å². The number of H-pyrrole nitrogens is 1. The molecule has 29 heavy (non-hydrogen) atoms. The second kappa shape index (κ2) is 7.66. The zero-order valence-electron chi connectivity index (χ0n) is 15.3. The summed E-state index contributed by atoms with van der Waals surface area (Å²) in [6.45, 7) is 0. The van der Waals surface area contributed by atoms with Crippen molar-refractivity contribution in [2.75, 3.05) is 17.7 Å². The van der Waals surface area contributed by atoms with E-state index in [0.717, 1.165) is 11.3 Å². The van der Waals surface area contributed by atoms with Gasteiger partial charge in [0.05, 0.1) is 30.6 Å². The number of nitrogens with zero attached hydrogens (tertiary/aromatic N) is 4. The van der Waals surface area contributed by atoms with Gasteiger partial charge in [0.1, 0.15) is 5.75 Å². The van der Waals surface area contributed by atoms with Crippen LogP contribution in [0.25, 0.3) is 22.4 Å². The Balaban J connectivity index is 1.55. The molecule has 4 aromatic rings. The van der Waals surface area contributed by atoms with E-state index in [1.54, 1.807) is 37.6 Å². The lowest BCUT2D eigenvalue weighted by Crippen LogP contribution is -2.19. The third-order valence-electron chi connectivity index (χ3n) is 4.16. The first-order chi connectivity index (χ1) is 14.2. The van der Waals surface area contributed by atoms with Gasteiger partial charge < -0.3 is 10.1 Å². The monoisotopic (exact) mass is 385 g/mol. The predicted molar refractivity (Wildman–Crippen MR) is 107 cm³/mol. The van der Waals surface area contributed by atoms with Gasteiger partial charge in [-0.2, -0.15) is 10.4 Å². The molecular weight excluding hydrogens is 370 g/mol. The van der Waals surface area contributed by atoms with Gasteiger partial charge in [-0.05, 0) is 48.5 Å². The molecule has 0 aliphatic heterocycles. The van der Waals surface area contributed by atoms with E-state index in [9.17, 15) is 4.79 Å². The van der Waals surface area contributed by atoms with Crippen LogP contribution in [0.4, 0.5) is 16.3 Å². The summed E-state index contributed by atoms with van der Waals surface area (Å²) in [6, 6.07) is 15.5. The van der Waals surface area contributed by atoms with Gasteiger partial charge in [0, 0.05) is 11.3 Å². The van der Waals surface area contributed by atoms with Crippen molar-refractivity contribution in [2.45, 2.75) is 0 Å². The molecule has 9 heteroatoms. The Labute approximate surface area is 165 Å². The number of hydrogen-bond acceptors (Lipinski definition) is 6. The minimum atomic E-state index is -0.475. The Kier molecular flexibility index (Phi) is 4.74. The molecule has 0 saturated heterocycles. The Bertz CT molecular complexity index is 1210. The average Bonchev–Trinajstić information content (AvgIpc) is 3.16. The van der Waals surface area contributed by atoms with Crippen molar-refractivity contribution in [3.05, 3.63) is 60.3 Å². The molecule has 0 fully saturated rings. The van der Waals surface area contributed by atoms with Crippen LogP contribution in [0.5, 0.6) is 5.75 Å². The zero-order valence-corrected chi connectivity index (χ0v) is 15.3. The summed E-state index contributed by atoms with van der Waals surface area (Å²) in [6.07, 6.45) is 1.62. The summed E-state index contributed by atoms with van der Waals surface area (Å²) >= 11 is 0. The van der Waals surface area contributed by atoms with Crippen LogP contribution in [-0.4, -0.2) is 33.3 Å². The minimum absolute atomic E-state index is 0.328. The van der Waals surface area contributed by atoms with E-state index < -0.39 is 6.03 Å². The van der Waals surface area contributed by atoms with Crippen LogP contribution in [0, 0.1) is 11.3 Å². The van der Waals surface area contributed by atoms with Gasteiger partial charge >= 0.3 is 6.03 Å². The van der Waals surface area contributed by atoms with Crippen LogP contribution >= 0.6 is 0 Å². The van der Waals surface area contributed by atoms with Crippen LogP contribution in [-0.2, 0) is 0 Å². The molecule has 0 atom stereocenters. The highest BCUT2D eigenvalue weighted by Crippen LogP contribution is 2.24. The van der Waals surface area contributed by atoms with Crippen LogP contribution in [0.15, 0.2) is 54.7 Å². The number of aromatic amines is 1. The predicted octanol–water partition coefficient (Wildman–Crippen LogP) is 3.54. The molecule has 4 rings (SSSR count). The summed E-state index contributed by atoms with van der Waals surface area (Å²) in [5.41, 5.74) is 3.38. The quantitative estimate of drug-likeness (QED) is 0.493. The average molecular weight is 385 g/mol. The normalized spacial score (nSPS) is 10.3. The number of ether oxygens (including phenoxy) is 1. The molecule has 2 amide bonds. The molecule has 0 saturated carbocycles. The molecule has 2 heterocycles. The fourth-order valence-electron chi connectivity index (χ4n) is 2.69. The summed E-state index contributed by atoms with van der Waals surface area (Å²) in [7, 11) is 1.60. The van der Waals surface area contributed by atoms with Gasteiger partial charge in [0.2, 0.25) is 5.65 Å². The van der Waals surface area contributed by atoms with Crippen LogP contribution in [0.3, 0.4) is 0 Å². The second-order valence-corrected chi connectivity index (χ2v) is 6.02. The lowest BCUT2D eigenvalue weighted by Gasteiger charge is -2.06. The Morgan fingerprint density at radius 2 is 1.86 bits per heavy atom. The highest BCUT2D eigenvalue weighted by Gasteiger charge is 2.13. The molecule has 0 aliphatic carbocycles. The topological polar surface area (TPSA) is 129 Å². The first-order valence-corrected chi connectivity index (χ1v) is 8.60. The Morgan fingerprint density at radius 1 is 1.10 bits per heavy atom. The maximum absolute atomic E-state index is 12.3. The number of fused-ring (bicyclic) bond motifs is 1. The number of benzene rings is 2. The molecule has 0 bridgehead atoms. The highest BCUT2D eigenvalue weighted by molar-refractivity contribution is 6.03. The molecule has 0 unspecified atom stereocenters. The number of hydrogen-bond donors (Lipinski definition) is 3. The maximum Gasteiger partial charge on any atom is 0.324 e. The van der Waals surface area contributed by atoms with Crippen molar-refractivity contribution in [1.82, 2.24) is 20.2 Å². The van der Waals surface area contributed by atoms with E-state index in [1.807, 2.05) is 30.3 Å². The summed E-state index contributed by atoms with van der Waals surface area (Å²) in [5, 5.41) is 21.0. The number of aromatic nitrogens is 4. The van der Waals surface area contributed by atoms with E-state index in [-0.39, 0.29) is 0 Å². The van der Waals surface area contributed by atoms with E-state index in [2.05, 4.69) is 30.8 Å². The Hall–Kier alpha value is -4.45. The van der Waals surface area contributed by atoms with Gasteiger partial charge in [-0.15, -0.1) is 0 Å². The van der Waals surface area contributed by atoms with Crippen molar-refractivity contribution in [3.8, 4) is 23.1 Å². The van der Waals surface area contributed by atoms with Crippen LogP contribution < -0.4 is 15.4 Å². The minimum Gasteiger partial charge on any atom is -0.497 e. The summed E-state index contributed by atoms with van der Waals surface area (Å²) in [5.74, 6) is 1.07. The number of nitrogens with one attached hydrogen (secondary N) is 3. The van der Waals surface area contributed by atoms with Crippen LogP contribution in [0.2, 0.25) is 0 Å². The van der Waals surface area contributed by atoms with Crippen molar-refractivity contribution in [2.24, 2.45) is 0 Å². The Morgan fingerprint density at radius 3 is 2.55 bits per heavy atom. The van der Waals surface area contributed by atoms with Gasteiger partial charge in [-0.3, -0.25) is 10.4 Å². The molecule has 3 N–H and O–H groups in total. The smallest absolute Gasteiger partial charge is 0.324 e. The molecular formula is C20H15N7O2. The number of carbonyl (C=O) groups excluding carboxylic acids is 1. The highest BCUT2D eigenvalue weighted by atomic mass is 16.5. The largest absolute Gasteiger partial charge is 0.497 e. The fraction of sp³-hybridized carbons (Fsp3) is 0.0500. The SMILES string of the molecule is COc1ccc(-c2cnc3n[nH]c(NC(=O)Nc4ccc(C#N)cc4)c3n2)cc1. The van der Waals surface area contributed by atoms with E-state index >= 15 is 0 Å². The van der Waals surface area contributed by atoms with Crippen LogP contribution in [0.1, 0.15) is 5.56 Å². The lowest BCUT2D eigenvalue weighted by atomic mass is 10.1. The van der Waals surface area contributed by atoms with E-state index in [0.29, 0.717) is 33.9 Å². The number of amides is 2. The number of anilines is 2. The molecule has 2 aromatic carbocycles. The number of carbonyl (C=O) groups is 1. The third kappa shape index (κ3) is 3.81. The summed E-state index contributed by atoms with van der Waals surface area (Å²) in [4.78, 5) is 21.2. The van der Waals surface area contributed by atoms with Gasteiger partial charge in [-0.25, -0.2) is 14.8 Å². The number of nitriles is 1. The van der Waals surface area contributed by atoms with Gasteiger partial charge in [0.25, 0.3) is 0 Å². The molecule has 0 radical (unpaired) electrons. The molecule has 0 aliphatic rings. The molecule has 0 spiro atoms. The third-order valence-corrected chi connectivity index (χ3v) is 4.16. The van der Waals surface area contributed by atoms with Gasteiger partial charge in [-0.1, -0.05) is 0 Å². The lowest BCUT2D eigenvalue weighted by molar-refractivity contribution is 0.262.